The van der Waals surface area contributed by atoms with Crippen molar-refractivity contribution in [3.05, 3.63) is 35.6 Å². The molecule has 2 rings (SSSR count). The molecule has 0 aromatic heterocycles. The molecule has 2 unspecified atom stereocenters. The number of aliphatic hydroxyl groups excluding tert-OH is 1. The molecule has 1 aliphatic carbocycles. The topological polar surface area (TPSA) is 61.4 Å². The van der Waals surface area contributed by atoms with Gasteiger partial charge in [0.15, 0.2) is 0 Å². The standard InChI is InChI=1S/C14H19FN2O2/c1-9(8-18)16-14(19)17-13(10-2-3-10)11-4-6-12(15)7-5-11/h4-7,9-10,13,18H,2-3,8H2,1H3,(H2,16,17,19). The van der Waals surface area contributed by atoms with Crippen LogP contribution in [-0.4, -0.2) is 23.8 Å². The third kappa shape index (κ3) is 3.92. The smallest absolute Gasteiger partial charge is 0.315 e. The molecular formula is C14H19FN2O2. The summed E-state index contributed by atoms with van der Waals surface area (Å²) in [4.78, 5) is 11.8. The van der Waals surface area contributed by atoms with Crippen molar-refractivity contribution in [3.63, 3.8) is 0 Å². The normalized spacial score (nSPS) is 17.6. The quantitative estimate of drug-likeness (QED) is 0.763. The zero-order chi connectivity index (χ0) is 13.8. The van der Waals surface area contributed by atoms with E-state index in [9.17, 15) is 9.18 Å². The second-order valence-electron chi connectivity index (χ2n) is 5.07. The summed E-state index contributed by atoms with van der Waals surface area (Å²) in [6.07, 6.45) is 2.13. The molecule has 0 spiro atoms. The number of urea groups is 1. The van der Waals surface area contributed by atoms with Crippen LogP contribution in [0.3, 0.4) is 0 Å². The van der Waals surface area contributed by atoms with Crippen molar-refractivity contribution >= 4 is 6.03 Å². The number of rotatable bonds is 5. The van der Waals surface area contributed by atoms with Gasteiger partial charge in [-0.25, -0.2) is 9.18 Å². The number of carbonyl (C=O) groups excluding carboxylic acids is 1. The Bertz CT molecular complexity index is 432. The largest absolute Gasteiger partial charge is 0.394 e. The first-order chi connectivity index (χ1) is 9.10. The minimum absolute atomic E-state index is 0.0912. The predicted octanol–water partition coefficient (Wildman–Crippen LogP) is 1.96. The van der Waals surface area contributed by atoms with E-state index in [0.29, 0.717) is 5.92 Å². The van der Waals surface area contributed by atoms with E-state index in [1.807, 2.05) is 0 Å². The van der Waals surface area contributed by atoms with Crippen LogP contribution >= 0.6 is 0 Å². The highest BCUT2D eigenvalue weighted by Gasteiger charge is 2.33. The van der Waals surface area contributed by atoms with Gasteiger partial charge in [-0.15, -0.1) is 0 Å². The number of carbonyl (C=O) groups is 1. The number of benzene rings is 1. The lowest BCUT2D eigenvalue weighted by molar-refractivity contribution is 0.216. The van der Waals surface area contributed by atoms with Crippen LogP contribution < -0.4 is 10.6 Å². The fourth-order valence-electron chi connectivity index (χ4n) is 2.03. The van der Waals surface area contributed by atoms with E-state index in [2.05, 4.69) is 10.6 Å². The van der Waals surface area contributed by atoms with Crippen molar-refractivity contribution in [2.45, 2.75) is 31.8 Å². The van der Waals surface area contributed by atoms with E-state index < -0.39 is 0 Å². The Balaban J connectivity index is 2.00. The monoisotopic (exact) mass is 266 g/mol. The van der Waals surface area contributed by atoms with E-state index in [1.165, 1.54) is 12.1 Å². The van der Waals surface area contributed by atoms with Gasteiger partial charge in [0.05, 0.1) is 18.7 Å². The molecule has 19 heavy (non-hydrogen) atoms. The van der Waals surface area contributed by atoms with E-state index in [0.717, 1.165) is 18.4 Å². The average molecular weight is 266 g/mol. The minimum Gasteiger partial charge on any atom is -0.394 e. The number of nitrogens with one attached hydrogen (secondary N) is 2. The van der Waals surface area contributed by atoms with Crippen molar-refractivity contribution in [1.29, 1.82) is 0 Å². The number of hydrogen-bond donors (Lipinski definition) is 3. The molecule has 0 bridgehead atoms. The number of amides is 2. The second-order valence-corrected chi connectivity index (χ2v) is 5.07. The van der Waals surface area contributed by atoms with Gasteiger partial charge in [0, 0.05) is 0 Å². The van der Waals surface area contributed by atoms with Crippen molar-refractivity contribution in [2.75, 3.05) is 6.61 Å². The van der Waals surface area contributed by atoms with Crippen LogP contribution in [0.4, 0.5) is 9.18 Å². The van der Waals surface area contributed by atoms with Gasteiger partial charge in [-0.05, 0) is 43.4 Å². The van der Waals surface area contributed by atoms with Crippen molar-refractivity contribution in [1.82, 2.24) is 10.6 Å². The van der Waals surface area contributed by atoms with Gasteiger partial charge in [-0.2, -0.15) is 0 Å². The maximum absolute atomic E-state index is 12.9. The Morgan fingerprint density at radius 2 is 2.00 bits per heavy atom. The lowest BCUT2D eigenvalue weighted by atomic mass is 10.0. The summed E-state index contributed by atoms with van der Waals surface area (Å²) in [5, 5.41) is 14.4. The molecule has 2 amide bonds. The van der Waals surface area contributed by atoms with Gasteiger partial charge in [0.25, 0.3) is 0 Å². The maximum atomic E-state index is 12.9. The molecule has 1 saturated carbocycles. The summed E-state index contributed by atoms with van der Waals surface area (Å²) in [5.74, 6) is 0.136. The van der Waals surface area contributed by atoms with E-state index in [-0.39, 0.29) is 30.5 Å². The lowest BCUT2D eigenvalue weighted by Crippen LogP contribution is -2.44. The Morgan fingerprint density at radius 3 is 2.53 bits per heavy atom. The molecule has 0 radical (unpaired) electrons. The predicted molar refractivity (Wildman–Crippen MR) is 70.1 cm³/mol. The molecule has 0 saturated heterocycles. The second kappa shape index (κ2) is 6.02. The Labute approximate surface area is 112 Å². The first kappa shape index (κ1) is 13.8. The van der Waals surface area contributed by atoms with Crippen LogP contribution in [0.25, 0.3) is 0 Å². The van der Waals surface area contributed by atoms with Crippen LogP contribution in [0, 0.1) is 11.7 Å². The molecule has 3 N–H and O–H groups in total. The maximum Gasteiger partial charge on any atom is 0.315 e. The van der Waals surface area contributed by atoms with Gasteiger partial charge in [0.2, 0.25) is 0 Å². The molecule has 1 aromatic rings. The minimum atomic E-state index is -0.303. The highest BCUT2D eigenvalue weighted by Crippen LogP contribution is 2.40. The molecule has 1 aromatic carbocycles. The van der Waals surface area contributed by atoms with Crippen LogP contribution in [0.15, 0.2) is 24.3 Å². The van der Waals surface area contributed by atoms with E-state index in [1.54, 1.807) is 19.1 Å². The average Bonchev–Trinajstić information content (AvgIpc) is 3.21. The highest BCUT2D eigenvalue weighted by atomic mass is 19.1. The van der Waals surface area contributed by atoms with Crippen molar-refractivity contribution < 1.29 is 14.3 Å². The molecule has 5 heteroatoms. The first-order valence-corrected chi connectivity index (χ1v) is 6.53. The molecular weight excluding hydrogens is 247 g/mol. The van der Waals surface area contributed by atoms with Gasteiger partial charge in [-0.3, -0.25) is 0 Å². The summed E-state index contributed by atoms with van der Waals surface area (Å²) >= 11 is 0. The summed E-state index contributed by atoms with van der Waals surface area (Å²) in [5.41, 5.74) is 0.913. The van der Waals surface area contributed by atoms with Gasteiger partial charge in [0.1, 0.15) is 5.82 Å². The number of aliphatic hydroxyl groups is 1. The number of hydrogen-bond acceptors (Lipinski definition) is 2. The summed E-state index contributed by atoms with van der Waals surface area (Å²) in [6.45, 7) is 1.63. The lowest BCUT2D eigenvalue weighted by Gasteiger charge is -2.20. The van der Waals surface area contributed by atoms with Crippen LogP contribution in [0.1, 0.15) is 31.4 Å². The fourth-order valence-corrected chi connectivity index (χ4v) is 2.03. The third-order valence-electron chi connectivity index (χ3n) is 3.26. The molecule has 1 fully saturated rings. The van der Waals surface area contributed by atoms with Gasteiger partial charge in [-0.1, -0.05) is 12.1 Å². The zero-order valence-corrected chi connectivity index (χ0v) is 10.9. The molecule has 104 valence electrons. The number of halogens is 1. The summed E-state index contributed by atoms with van der Waals surface area (Å²) < 4.78 is 12.9. The Morgan fingerprint density at radius 1 is 1.37 bits per heavy atom. The fraction of sp³-hybridized carbons (Fsp3) is 0.500. The van der Waals surface area contributed by atoms with Gasteiger partial charge < -0.3 is 15.7 Å². The molecule has 1 aliphatic rings. The van der Waals surface area contributed by atoms with Crippen LogP contribution in [0.5, 0.6) is 0 Å². The zero-order valence-electron chi connectivity index (χ0n) is 10.9. The SMILES string of the molecule is CC(CO)NC(=O)NC(c1ccc(F)cc1)C1CC1. The Kier molecular flexibility index (Phi) is 4.37. The van der Waals surface area contributed by atoms with Crippen LogP contribution in [-0.2, 0) is 0 Å². The van der Waals surface area contributed by atoms with Crippen molar-refractivity contribution in [2.24, 2.45) is 5.92 Å². The third-order valence-corrected chi connectivity index (χ3v) is 3.26. The molecule has 4 nitrogen and oxygen atoms in total. The summed E-state index contributed by atoms with van der Waals surface area (Å²) in [6, 6.07) is 5.53. The van der Waals surface area contributed by atoms with E-state index in [4.69, 9.17) is 5.11 Å². The highest BCUT2D eigenvalue weighted by molar-refractivity contribution is 5.74. The first-order valence-electron chi connectivity index (χ1n) is 6.53. The van der Waals surface area contributed by atoms with E-state index >= 15 is 0 Å². The van der Waals surface area contributed by atoms with Crippen molar-refractivity contribution in [3.8, 4) is 0 Å². The summed E-state index contributed by atoms with van der Waals surface area (Å²) in [7, 11) is 0. The molecule has 2 atom stereocenters. The van der Waals surface area contributed by atoms with Gasteiger partial charge >= 0.3 is 6.03 Å². The molecule has 0 heterocycles. The Hall–Kier alpha value is -1.62. The van der Waals surface area contributed by atoms with Crippen LogP contribution in [0.2, 0.25) is 0 Å². The molecule has 0 aliphatic heterocycles.